The third-order valence-electron chi connectivity index (χ3n) is 4.19. The third kappa shape index (κ3) is 9.34. The molecule has 0 aliphatic heterocycles. The lowest BCUT2D eigenvalue weighted by Crippen LogP contribution is -2.43. The SMILES string of the molecule is CCNC(=NCC(O)COc1ccc(F)cc1)NC1CCC(SCC)C1.I. The number of nitrogens with zero attached hydrogens (tertiary/aromatic N) is 1. The zero-order valence-corrected chi connectivity index (χ0v) is 19.1. The molecule has 1 aromatic carbocycles. The van der Waals surface area contributed by atoms with E-state index in [1.165, 1.54) is 18.6 Å². The van der Waals surface area contributed by atoms with Gasteiger partial charge in [0.25, 0.3) is 0 Å². The van der Waals surface area contributed by atoms with Crippen molar-refractivity contribution in [3.63, 3.8) is 0 Å². The summed E-state index contributed by atoms with van der Waals surface area (Å²) >= 11 is 2.03. The largest absolute Gasteiger partial charge is 0.491 e. The monoisotopic (exact) mass is 511 g/mol. The minimum atomic E-state index is -0.720. The van der Waals surface area contributed by atoms with E-state index in [0.717, 1.165) is 36.3 Å². The Bertz CT molecular complexity index is 562. The maximum absolute atomic E-state index is 12.9. The van der Waals surface area contributed by atoms with Crippen LogP contribution < -0.4 is 15.4 Å². The second-order valence-electron chi connectivity index (χ2n) is 6.37. The maximum Gasteiger partial charge on any atom is 0.191 e. The van der Waals surface area contributed by atoms with Crippen LogP contribution in [-0.2, 0) is 0 Å². The number of guanidine groups is 1. The molecule has 0 radical (unpaired) electrons. The predicted molar refractivity (Wildman–Crippen MR) is 122 cm³/mol. The Hall–Kier alpha value is -0.740. The van der Waals surface area contributed by atoms with Gasteiger partial charge in [-0.2, -0.15) is 11.8 Å². The summed E-state index contributed by atoms with van der Waals surface area (Å²) in [6.45, 7) is 5.36. The molecule has 1 saturated carbocycles. The molecule has 1 fully saturated rings. The molecule has 3 unspecified atom stereocenters. The van der Waals surface area contributed by atoms with Crippen LogP contribution in [0, 0.1) is 5.82 Å². The summed E-state index contributed by atoms with van der Waals surface area (Å²) in [5.74, 6) is 2.12. The van der Waals surface area contributed by atoms with Crippen LogP contribution in [0.4, 0.5) is 4.39 Å². The number of rotatable bonds is 9. The van der Waals surface area contributed by atoms with Gasteiger partial charge in [-0.1, -0.05) is 6.92 Å². The van der Waals surface area contributed by atoms with Crippen molar-refractivity contribution in [2.45, 2.75) is 50.5 Å². The minimum absolute atomic E-state index is 0. The summed E-state index contributed by atoms with van der Waals surface area (Å²) in [4.78, 5) is 4.47. The molecule has 27 heavy (non-hydrogen) atoms. The predicted octanol–water partition coefficient (Wildman–Crippen LogP) is 3.41. The van der Waals surface area contributed by atoms with E-state index in [-0.39, 0.29) is 42.9 Å². The zero-order valence-electron chi connectivity index (χ0n) is 16.0. The average Bonchev–Trinajstić information content (AvgIpc) is 3.07. The molecule has 0 saturated heterocycles. The number of nitrogens with one attached hydrogen (secondary N) is 2. The van der Waals surface area contributed by atoms with E-state index in [9.17, 15) is 9.50 Å². The van der Waals surface area contributed by atoms with Crippen LogP contribution in [0.5, 0.6) is 5.75 Å². The first-order chi connectivity index (χ1) is 12.6. The molecule has 5 nitrogen and oxygen atoms in total. The fraction of sp³-hybridized carbons (Fsp3) is 0.632. The van der Waals surface area contributed by atoms with Gasteiger partial charge in [-0.05, 0) is 56.2 Å². The van der Waals surface area contributed by atoms with Crippen molar-refractivity contribution >= 4 is 41.7 Å². The topological polar surface area (TPSA) is 65.9 Å². The fourth-order valence-corrected chi connectivity index (χ4v) is 4.09. The van der Waals surface area contributed by atoms with Crippen LogP contribution in [0.25, 0.3) is 0 Å². The van der Waals surface area contributed by atoms with Gasteiger partial charge in [-0.25, -0.2) is 4.39 Å². The molecule has 3 atom stereocenters. The summed E-state index contributed by atoms with van der Waals surface area (Å²) < 4.78 is 18.3. The summed E-state index contributed by atoms with van der Waals surface area (Å²) in [7, 11) is 0. The number of benzene rings is 1. The van der Waals surface area contributed by atoms with Gasteiger partial charge in [0.05, 0.1) is 6.54 Å². The number of aliphatic hydroxyl groups excluding tert-OH is 1. The summed E-state index contributed by atoms with van der Waals surface area (Å²) in [5.41, 5.74) is 0. The summed E-state index contributed by atoms with van der Waals surface area (Å²) in [6, 6.07) is 6.19. The average molecular weight is 511 g/mol. The summed E-state index contributed by atoms with van der Waals surface area (Å²) in [6.07, 6.45) is 2.82. The number of halogens is 2. The Morgan fingerprint density at radius 1 is 1.33 bits per heavy atom. The van der Waals surface area contributed by atoms with Gasteiger partial charge in [-0.3, -0.25) is 4.99 Å². The lowest BCUT2D eigenvalue weighted by atomic mass is 10.2. The molecular formula is C19H31FIN3O2S. The van der Waals surface area contributed by atoms with E-state index in [1.807, 2.05) is 18.7 Å². The van der Waals surface area contributed by atoms with Crippen molar-refractivity contribution in [3.8, 4) is 5.75 Å². The number of ether oxygens (including phenoxy) is 1. The molecule has 3 N–H and O–H groups in total. The highest BCUT2D eigenvalue weighted by Crippen LogP contribution is 2.29. The van der Waals surface area contributed by atoms with Crippen molar-refractivity contribution in [1.82, 2.24) is 10.6 Å². The second-order valence-corrected chi connectivity index (χ2v) is 7.95. The molecule has 0 bridgehead atoms. The summed E-state index contributed by atoms with van der Waals surface area (Å²) in [5, 5.41) is 17.5. The Morgan fingerprint density at radius 2 is 2.07 bits per heavy atom. The van der Waals surface area contributed by atoms with Gasteiger partial charge in [0, 0.05) is 17.8 Å². The highest BCUT2D eigenvalue weighted by molar-refractivity contribution is 14.0. The Kier molecular flexibility index (Phi) is 12.1. The molecule has 0 spiro atoms. The third-order valence-corrected chi connectivity index (χ3v) is 5.42. The molecule has 8 heteroatoms. The van der Waals surface area contributed by atoms with Crippen molar-refractivity contribution in [3.05, 3.63) is 30.1 Å². The molecule has 0 amide bonds. The van der Waals surface area contributed by atoms with E-state index >= 15 is 0 Å². The number of hydrogen-bond donors (Lipinski definition) is 3. The van der Waals surface area contributed by atoms with Crippen LogP contribution in [0.1, 0.15) is 33.1 Å². The van der Waals surface area contributed by atoms with Gasteiger partial charge in [0.15, 0.2) is 5.96 Å². The lowest BCUT2D eigenvalue weighted by Gasteiger charge is -2.18. The molecule has 1 aliphatic rings. The first-order valence-electron chi connectivity index (χ1n) is 9.33. The van der Waals surface area contributed by atoms with Crippen LogP contribution in [0.3, 0.4) is 0 Å². The Balaban J connectivity index is 0.00000364. The number of thioether (sulfide) groups is 1. The first-order valence-corrected chi connectivity index (χ1v) is 10.4. The molecule has 1 aromatic rings. The van der Waals surface area contributed by atoms with E-state index < -0.39 is 6.10 Å². The standard InChI is InChI=1S/C19H30FN3O2S.HI/c1-3-21-19(23-15-7-10-18(11-15)26-4-2)22-12-16(24)13-25-17-8-5-14(20)6-9-17;/h5-6,8-9,15-16,18,24H,3-4,7,10-13H2,1-2H3,(H2,21,22,23);1H. The van der Waals surface area contributed by atoms with Crippen molar-refractivity contribution < 1.29 is 14.2 Å². The van der Waals surface area contributed by atoms with Gasteiger partial charge in [-0.15, -0.1) is 24.0 Å². The van der Waals surface area contributed by atoms with Crippen molar-refractivity contribution in [2.75, 3.05) is 25.4 Å². The highest BCUT2D eigenvalue weighted by Gasteiger charge is 2.25. The van der Waals surface area contributed by atoms with Gasteiger partial charge in [0.2, 0.25) is 0 Å². The number of aliphatic hydroxyl groups is 1. The molecule has 0 aromatic heterocycles. The van der Waals surface area contributed by atoms with Gasteiger partial charge in [0.1, 0.15) is 24.3 Å². The van der Waals surface area contributed by atoms with E-state index in [1.54, 1.807) is 12.1 Å². The quantitative estimate of drug-likeness (QED) is 0.270. The van der Waals surface area contributed by atoms with Gasteiger partial charge >= 0.3 is 0 Å². The molecular weight excluding hydrogens is 480 g/mol. The van der Waals surface area contributed by atoms with E-state index in [4.69, 9.17) is 4.74 Å². The van der Waals surface area contributed by atoms with Crippen LogP contribution in [0.15, 0.2) is 29.3 Å². The maximum atomic E-state index is 12.9. The first kappa shape index (κ1) is 24.3. The molecule has 154 valence electrons. The minimum Gasteiger partial charge on any atom is -0.491 e. The van der Waals surface area contributed by atoms with Crippen LogP contribution in [-0.4, -0.2) is 53.9 Å². The van der Waals surface area contributed by atoms with Crippen molar-refractivity contribution in [1.29, 1.82) is 0 Å². The van der Waals surface area contributed by atoms with Crippen molar-refractivity contribution in [2.24, 2.45) is 4.99 Å². The normalized spacial score (nSPS) is 20.7. The fourth-order valence-electron chi connectivity index (χ4n) is 2.94. The number of aliphatic imine (C=N–C) groups is 1. The van der Waals surface area contributed by atoms with E-state index in [2.05, 4.69) is 22.5 Å². The van der Waals surface area contributed by atoms with E-state index in [0.29, 0.717) is 11.8 Å². The van der Waals surface area contributed by atoms with Crippen LogP contribution >= 0.6 is 35.7 Å². The van der Waals surface area contributed by atoms with Gasteiger partial charge < -0.3 is 20.5 Å². The highest BCUT2D eigenvalue weighted by atomic mass is 127. The smallest absolute Gasteiger partial charge is 0.191 e. The lowest BCUT2D eigenvalue weighted by molar-refractivity contribution is 0.114. The Morgan fingerprint density at radius 3 is 2.74 bits per heavy atom. The number of hydrogen-bond acceptors (Lipinski definition) is 4. The van der Waals surface area contributed by atoms with Crippen LogP contribution in [0.2, 0.25) is 0 Å². The second kappa shape index (κ2) is 13.4. The Labute approximate surface area is 183 Å². The zero-order chi connectivity index (χ0) is 18.8. The molecule has 2 rings (SSSR count). The molecule has 1 aliphatic carbocycles. The molecule has 0 heterocycles.